The minimum Gasteiger partial charge on any atom is -0.201 e. The molecule has 2 aromatic rings. The number of rotatable bonds is 4. The number of benzene rings is 1. The first-order valence-electron chi connectivity index (χ1n) is 9.65. The third-order valence-electron chi connectivity index (χ3n) is 5.19. The Kier molecular flexibility index (Phi) is 3.65. The summed E-state index contributed by atoms with van der Waals surface area (Å²) in [6.07, 6.45) is 4.46. The monoisotopic (exact) mass is 299 g/mol. The Balaban J connectivity index is 2.57. The number of hydrogen-bond acceptors (Lipinski definition) is 0. The van der Waals surface area contributed by atoms with Crippen LogP contribution in [0.25, 0.3) is 11.3 Å². The van der Waals surface area contributed by atoms with Gasteiger partial charge in [-0.3, -0.25) is 0 Å². The Morgan fingerprint density at radius 3 is 2.32 bits per heavy atom. The van der Waals surface area contributed by atoms with Crippen molar-refractivity contribution in [2.45, 2.75) is 59.7 Å². The van der Waals surface area contributed by atoms with Crippen molar-refractivity contribution in [1.29, 1.82) is 0 Å². The first kappa shape index (κ1) is 12.9. The van der Waals surface area contributed by atoms with Gasteiger partial charge in [0, 0.05) is 21.3 Å². The van der Waals surface area contributed by atoms with Crippen LogP contribution in [0.4, 0.5) is 0 Å². The summed E-state index contributed by atoms with van der Waals surface area (Å²) >= 11 is 0. The van der Waals surface area contributed by atoms with Crippen LogP contribution in [0.2, 0.25) is 0 Å². The van der Waals surface area contributed by atoms with Gasteiger partial charge in [-0.1, -0.05) is 38.5 Å². The van der Waals surface area contributed by atoms with E-state index in [1.165, 1.54) is 11.1 Å². The van der Waals surface area contributed by atoms with E-state index < -0.39 is 6.85 Å². The van der Waals surface area contributed by atoms with Crippen molar-refractivity contribution in [3.63, 3.8) is 0 Å². The molecule has 0 amide bonds. The van der Waals surface area contributed by atoms with Gasteiger partial charge in [0.05, 0.1) is 0 Å². The molecule has 0 saturated heterocycles. The van der Waals surface area contributed by atoms with Crippen molar-refractivity contribution in [3.05, 3.63) is 52.7 Å². The van der Waals surface area contributed by atoms with Gasteiger partial charge >= 0.3 is 0 Å². The molecule has 0 radical (unpaired) electrons. The molecule has 1 aromatic carbocycles. The normalized spacial score (nSPS) is 14.4. The standard InChI is InChI=1S/C21H30N/c1-8-21(6,9-2)19-14-22(7)20(13-17(19)5)18-11-10-15(3)12-16(18)4/h10-14H,8-9H2,1-7H3/q+1/i3D3. The summed E-state index contributed by atoms with van der Waals surface area (Å²) in [6.45, 7) is 8.91. The lowest BCUT2D eigenvalue weighted by Gasteiger charge is -2.28. The van der Waals surface area contributed by atoms with Crippen LogP contribution in [-0.2, 0) is 12.5 Å². The minimum absolute atomic E-state index is 0.181. The average molecular weight is 299 g/mol. The summed E-state index contributed by atoms with van der Waals surface area (Å²) in [7, 11) is 2.07. The highest BCUT2D eigenvalue weighted by Gasteiger charge is 2.28. The smallest absolute Gasteiger partial charge is 0.201 e. The van der Waals surface area contributed by atoms with E-state index in [1.54, 1.807) is 12.1 Å². The van der Waals surface area contributed by atoms with E-state index in [0.29, 0.717) is 5.56 Å². The van der Waals surface area contributed by atoms with Crippen molar-refractivity contribution in [2.75, 3.05) is 0 Å². The third-order valence-corrected chi connectivity index (χ3v) is 5.19. The van der Waals surface area contributed by atoms with E-state index in [2.05, 4.69) is 51.6 Å². The molecule has 0 atom stereocenters. The molecule has 118 valence electrons. The highest BCUT2D eigenvalue weighted by molar-refractivity contribution is 5.62. The average Bonchev–Trinajstić information content (AvgIpc) is 2.55. The Morgan fingerprint density at radius 2 is 1.77 bits per heavy atom. The van der Waals surface area contributed by atoms with Gasteiger partial charge in [-0.05, 0) is 56.1 Å². The van der Waals surface area contributed by atoms with E-state index in [0.717, 1.165) is 29.7 Å². The lowest BCUT2D eigenvalue weighted by Crippen LogP contribution is -2.35. The van der Waals surface area contributed by atoms with E-state index >= 15 is 0 Å². The zero-order valence-electron chi connectivity index (χ0n) is 17.7. The topological polar surface area (TPSA) is 3.88 Å². The van der Waals surface area contributed by atoms with Crippen LogP contribution in [0, 0.1) is 20.7 Å². The minimum atomic E-state index is -2.06. The number of aromatic nitrogens is 1. The molecular formula is C21H30N+. The molecule has 0 spiro atoms. The maximum atomic E-state index is 7.59. The van der Waals surface area contributed by atoms with Crippen molar-refractivity contribution in [3.8, 4) is 11.3 Å². The summed E-state index contributed by atoms with van der Waals surface area (Å²) < 4.78 is 24.9. The van der Waals surface area contributed by atoms with Crippen molar-refractivity contribution >= 4 is 0 Å². The summed E-state index contributed by atoms with van der Waals surface area (Å²) in [5.41, 5.74) is 6.45. The van der Waals surface area contributed by atoms with Crippen molar-refractivity contribution < 1.29 is 8.68 Å². The van der Waals surface area contributed by atoms with Gasteiger partial charge in [-0.2, -0.15) is 0 Å². The van der Waals surface area contributed by atoms with Gasteiger partial charge in [0.2, 0.25) is 5.69 Å². The largest absolute Gasteiger partial charge is 0.212 e. The van der Waals surface area contributed by atoms with E-state index in [4.69, 9.17) is 4.11 Å². The van der Waals surface area contributed by atoms with Crippen molar-refractivity contribution in [1.82, 2.24) is 0 Å². The molecule has 1 heterocycles. The van der Waals surface area contributed by atoms with E-state index in [-0.39, 0.29) is 5.41 Å². The first-order valence-corrected chi connectivity index (χ1v) is 8.15. The molecular weight excluding hydrogens is 266 g/mol. The maximum absolute atomic E-state index is 7.59. The molecule has 1 nitrogen and oxygen atoms in total. The van der Waals surface area contributed by atoms with E-state index in [1.807, 2.05) is 13.0 Å². The van der Waals surface area contributed by atoms with Crippen LogP contribution >= 0.6 is 0 Å². The molecule has 0 N–H and O–H groups in total. The highest BCUT2D eigenvalue weighted by Crippen LogP contribution is 2.34. The Bertz CT molecular complexity index is 771. The Labute approximate surface area is 140 Å². The second kappa shape index (κ2) is 6.24. The van der Waals surface area contributed by atoms with Crippen LogP contribution in [0.5, 0.6) is 0 Å². The van der Waals surface area contributed by atoms with E-state index in [9.17, 15) is 0 Å². The molecule has 0 unspecified atom stereocenters. The molecule has 0 aliphatic heterocycles. The Morgan fingerprint density at radius 1 is 1.09 bits per heavy atom. The number of pyridine rings is 1. The van der Waals surface area contributed by atoms with Crippen LogP contribution in [0.15, 0.2) is 30.5 Å². The fraction of sp³-hybridized carbons (Fsp3) is 0.476. The Hall–Kier alpha value is -1.63. The zero-order chi connectivity index (χ0) is 19.0. The zero-order valence-corrected chi connectivity index (χ0v) is 14.7. The molecule has 0 fully saturated rings. The summed E-state index contributed by atoms with van der Waals surface area (Å²) in [4.78, 5) is 0. The fourth-order valence-corrected chi connectivity index (χ4v) is 3.23. The molecule has 0 aliphatic rings. The van der Waals surface area contributed by atoms with Crippen LogP contribution < -0.4 is 4.57 Å². The predicted molar refractivity (Wildman–Crippen MR) is 95.2 cm³/mol. The van der Waals surface area contributed by atoms with Crippen LogP contribution in [0.1, 0.15) is 60.0 Å². The molecule has 2 rings (SSSR count). The highest BCUT2D eigenvalue weighted by atomic mass is 14.9. The van der Waals surface area contributed by atoms with Gasteiger partial charge in [0.1, 0.15) is 7.05 Å². The van der Waals surface area contributed by atoms with Gasteiger partial charge in [-0.15, -0.1) is 0 Å². The van der Waals surface area contributed by atoms with Gasteiger partial charge < -0.3 is 0 Å². The second-order valence-corrected chi connectivity index (χ2v) is 6.66. The lowest BCUT2D eigenvalue weighted by molar-refractivity contribution is -0.661. The van der Waals surface area contributed by atoms with Crippen LogP contribution in [0.3, 0.4) is 0 Å². The first-order chi connectivity index (χ1) is 11.5. The SMILES string of the molecule is [2H]C([2H])([2H])c1ccc(-c2cc(C)c(C(C)(CC)CC)c[n+]2C)c(C)c1. The van der Waals surface area contributed by atoms with Gasteiger partial charge in [-0.25, -0.2) is 4.57 Å². The third kappa shape index (κ3) is 2.95. The second-order valence-electron chi connectivity index (χ2n) is 6.66. The lowest BCUT2D eigenvalue weighted by atomic mass is 9.76. The fourth-order valence-electron chi connectivity index (χ4n) is 3.23. The number of nitrogens with zero attached hydrogens (tertiary/aromatic N) is 1. The molecule has 1 aromatic heterocycles. The molecule has 22 heavy (non-hydrogen) atoms. The maximum Gasteiger partial charge on any atom is 0.212 e. The molecule has 0 aliphatic carbocycles. The number of hydrogen-bond donors (Lipinski definition) is 0. The molecule has 0 bridgehead atoms. The van der Waals surface area contributed by atoms with Gasteiger partial charge in [0.25, 0.3) is 0 Å². The molecule has 0 saturated carbocycles. The quantitative estimate of drug-likeness (QED) is 0.685. The van der Waals surface area contributed by atoms with Crippen molar-refractivity contribution in [2.24, 2.45) is 7.05 Å². The number of aryl methyl sites for hydroxylation is 4. The summed E-state index contributed by atoms with van der Waals surface area (Å²) in [5.74, 6) is 0. The van der Waals surface area contributed by atoms with Crippen LogP contribution in [-0.4, -0.2) is 0 Å². The summed E-state index contributed by atoms with van der Waals surface area (Å²) in [6, 6.07) is 7.68. The summed E-state index contributed by atoms with van der Waals surface area (Å²) in [5, 5.41) is 0. The van der Waals surface area contributed by atoms with Gasteiger partial charge in [0.15, 0.2) is 6.20 Å². The molecule has 1 heteroatoms. The predicted octanol–water partition coefficient (Wildman–Crippen LogP) is 5.18.